The first-order valence-corrected chi connectivity index (χ1v) is 10.2. The maximum absolute atomic E-state index is 12.4. The quantitative estimate of drug-likeness (QED) is 0.594. The van der Waals surface area contributed by atoms with Crippen molar-refractivity contribution in [2.24, 2.45) is 0 Å². The molecule has 1 saturated heterocycles. The van der Waals surface area contributed by atoms with Gasteiger partial charge in [-0.2, -0.15) is 4.98 Å². The Hall–Kier alpha value is -2.48. The standard InChI is InChI=1S/C22H26N2O5/c1-2-3-4-5-14-6-8-15(9-7-14)18-10-16-12-24(22(27)23-21(16)29-18)20-11-17(26)19(13-25)28-20/h6-10,12,17,19-20,25-26H,2-5,11,13H2,1H3/t17-,19+,20?/m0/s1. The average Bonchev–Trinajstić information content (AvgIpc) is 3.30. The van der Waals surface area contributed by atoms with Gasteiger partial charge in [0.2, 0.25) is 5.71 Å². The van der Waals surface area contributed by atoms with Gasteiger partial charge < -0.3 is 19.4 Å². The Labute approximate surface area is 168 Å². The minimum Gasteiger partial charge on any atom is -0.437 e. The molecule has 1 aromatic carbocycles. The zero-order chi connectivity index (χ0) is 20.4. The van der Waals surface area contributed by atoms with Crippen molar-refractivity contribution in [1.29, 1.82) is 0 Å². The number of rotatable bonds is 7. The van der Waals surface area contributed by atoms with Crippen molar-refractivity contribution in [3.63, 3.8) is 0 Å². The highest BCUT2D eigenvalue weighted by atomic mass is 16.5. The van der Waals surface area contributed by atoms with E-state index in [9.17, 15) is 15.0 Å². The number of benzene rings is 1. The number of hydrogen-bond acceptors (Lipinski definition) is 6. The Morgan fingerprint density at radius 3 is 2.72 bits per heavy atom. The zero-order valence-corrected chi connectivity index (χ0v) is 16.5. The molecule has 0 amide bonds. The van der Waals surface area contributed by atoms with E-state index >= 15 is 0 Å². The lowest BCUT2D eigenvalue weighted by atomic mass is 10.0. The fraction of sp³-hybridized carbons (Fsp3) is 0.455. The number of aryl methyl sites for hydroxylation is 1. The number of aliphatic hydroxyl groups is 2. The third kappa shape index (κ3) is 4.12. The number of unbranched alkanes of at least 4 members (excludes halogenated alkanes) is 2. The van der Waals surface area contributed by atoms with Crippen LogP contribution in [0.5, 0.6) is 0 Å². The van der Waals surface area contributed by atoms with Gasteiger partial charge in [0.1, 0.15) is 18.1 Å². The smallest absolute Gasteiger partial charge is 0.353 e. The largest absolute Gasteiger partial charge is 0.437 e. The van der Waals surface area contributed by atoms with Crippen molar-refractivity contribution in [2.45, 2.75) is 57.5 Å². The molecule has 29 heavy (non-hydrogen) atoms. The second-order valence-corrected chi connectivity index (χ2v) is 7.57. The van der Waals surface area contributed by atoms with Crippen LogP contribution < -0.4 is 5.69 Å². The maximum Gasteiger partial charge on any atom is 0.353 e. The number of aromatic nitrogens is 2. The van der Waals surface area contributed by atoms with Gasteiger partial charge in [0.05, 0.1) is 18.1 Å². The molecular formula is C22H26N2O5. The van der Waals surface area contributed by atoms with Crippen LogP contribution in [-0.4, -0.2) is 38.6 Å². The summed E-state index contributed by atoms with van der Waals surface area (Å²) in [5.41, 5.74) is 1.98. The highest BCUT2D eigenvalue weighted by molar-refractivity contribution is 5.79. The van der Waals surface area contributed by atoms with Crippen LogP contribution in [0.1, 0.15) is 44.4 Å². The summed E-state index contributed by atoms with van der Waals surface area (Å²) in [6.07, 6.45) is 4.38. The van der Waals surface area contributed by atoms with E-state index in [1.54, 1.807) is 6.20 Å². The highest BCUT2D eigenvalue weighted by Crippen LogP contribution is 2.30. The fourth-order valence-electron chi connectivity index (χ4n) is 3.74. The van der Waals surface area contributed by atoms with Crippen LogP contribution in [0.2, 0.25) is 0 Å². The molecule has 7 nitrogen and oxygen atoms in total. The van der Waals surface area contributed by atoms with E-state index in [-0.39, 0.29) is 18.7 Å². The minimum absolute atomic E-state index is 0.225. The van der Waals surface area contributed by atoms with Gasteiger partial charge in [-0.05, 0) is 24.5 Å². The Balaban J connectivity index is 1.58. The van der Waals surface area contributed by atoms with Gasteiger partial charge in [-0.3, -0.25) is 4.57 Å². The molecule has 0 spiro atoms. The van der Waals surface area contributed by atoms with E-state index < -0.39 is 24.1 Å². The number of hydrogen-bond donors (Lipinski definition) is 2. The van der Waals surface area contributed by atoms with Gasteiger partial charge >= 0.3 is 5.69 Å². The van der Waals surface area contributed by atoms with Crippen LogP contribution in [0.15, 0.2) is 45.7 Å². The van der Waals surface area contributed by atoms with Crippen molar-refractivity contribution in [2.75, 3.05) is 6.61 Å². The Kier molecular flexibility index (Phi) is 5.80. The summed E-state index contributed by atoms with van der Waals surface area (Å²) in [4.78, 5) is 16.4. The van der Waals surface area contributed by atoms with Gasteiger partial charge in [-0.25, -0.2) is 4.79 Å². The predicted octanol–water partition coefficient (Wildman–Crippen LogP) is 3.03. The summed E-state index contributed by atoms with van der Waals surface area (Å²) in [5.74, 6) is 0.644. The number of fused-ring (bicyclic) bond motifs is 1. The lowest BCUT2D eigenvalue weighted by Crippen LogP contribution is -2.27. The molecule has 3 heterocycles. The van der Waals surface area contributed by atoms with Crippen LogP contribution in [0.25, 0.3) is 22.4 Å². The molecule has 0 aliphatic carbocycles. The van der Waals surface area contributed by atoms with Gasteiger partial charge in [0.25, 0.3) is 0 Å². The Bertz CT molecular complexity index is 1020. The van der Waals surface area contributed by atoms with Gasteiger partial charge in [-0.1, -0.05) is 44.0 Å². The summed E-state index contributed by atoms with van der Waals surface area (Å²) in [5, 5.41) is 19.9. The highest BCUT2D eigenvalue weighted by Gasteiger charge is 2.35. The summed E-state index contributed by atoms with van der Waals surface area (Å²) in [6.45, 7) is 1.90. The molecule has 0 radical (unpaired) electrons. The van der Waals surface area contributed by atoms with Crippen LogP contribution in [0.4, 0.5) is 0 Å². The topological polar surface area (TPSA) is 97.7 Å². The minimum atomic E-state index is -0.816. The fourth-order valence-corrected chi connectivity index (χ4v) is 3.74. The van der Waals surface area contributed by atoms with Crippen LogP contribution in [0, 0.1) is 0 Å². The maximum atomic E-state index is 12.4. The normalized spacial score (nSPS) is 21.8. The van der Waals surface area contributed by atoms with E-state index in [1.807, 2.05) is 18.2 Å². The van der Waals surface area contributed by atoms with Crippen molar-refractivity contribution >= 4 is 11.1 Å². The molecule has 3 aromatic rings. The molecule has 0 saturated carbocycles. The molecule has 1 fully saturated rings. The molecule has 0 bridgehead atoms. The SMILES string of the molecule is CCCCCc1ccc(-c2cc3cn(C4C[C@H](O)[C@@H](CO)O4)c(=O)nc3o2)cc1. The summed E-state index contributed by atoms with van der Waals surface area (Å²) in [6, 6.07) is 10.1. The first kappa shape index (κ1) is 19.8. The Morgan fingerprint density at radius 2 is 2.03 bits per heavy atom. The summed E-state index contributed by atoms with van der Waals surface area (Å²) in [7, 11) is 0. The molecule has 3 atom stereocenters. The second-order valence-electron chi connectivity index (χ2n) is 7.57. The van der Waals surface area contributed by atoms with Gasteiger partial charge in [0, 0.05) is 18.2 Å². The number of nitrogens with zero attached hydrogens (tertiary/aromatic N) is 2. The first-order chi connectivity index (χ1) is 14.1. The molecule has 4 rings (SSSR count). The summed E-state index contributed by atoms with van der Waals surface area (Å²) < 4.78 is 12.7. The van der Waals surface area contributed by atoms with E-state index in [1.165, 1.54) is 29.4 Å². The van der Waals surface area contributed by atoms with Crippen molar-refractivity contribution in [3.8, 4) is 11.3 Å². The number of ether oxygens (including phenoxy) is 1. The number of aliphatic hydroxyl groups excluding tert-OH is 2. The second kappa shape index (κ2) is 8.49. The van der Waals surface area contributed by atoms with E-state index in [4.69, 9.17) is 9.15 Å². The molecule has 7 heteroatoms. The van der Waals surface area contributed by atoms with Gasteiger partial charge in [0.15, 0.2) is 0 Å². The first-order valence-electron chi connectivity index (χ1n) is 10.2. The van der Waals surface area contributed by atoms with Crippen molar-refractivity contribution in [1.82, 2.24) is 9.55 Å². The third-order valence-corrected chi connectivity index (χ3v) is 5.44. The zero-order valence-electron chi connectivity index (χ0n) is 16.5. The van der Waals surface area contributed by atoms with E-state index in [2.05, 4.69) is 24.0 Å². The molecule has 1 aliphatic heterocycles. The summed E-state index contributed by atoms with van der Waals surface area (Å²) >= 11 is 0. The third-order valence-electron chi connectivity index (χ3n) is 5.44. The molecule has 154 valence electrons. The predicted molar refractivity (Wildman–Crippen MR) is 109 cm³/mol. The molecule has 2 aromatic heterocycles. The average molecular weight is 398 g/mol. The van der Waals surface area contributed by atoms with E-state index in [0.717, 1.165) is 12.0 Å². The van der Waals surface area contributed by atoms with Crippen molar-refractivity contribution < 1.29 is 19.4 Å². The molecule has 1 aliphatic rings. The van der Waals surface area contributed by atoms with Crippen LogP contribution in [0.3, 0.4) is 0 Å². The molecule has 1 unspecified atom stereocenters. The Morgan fingerprint density at radius 1 is 1.24 bits per heavy atom. The van der Waals surface area contributed by atoms with E-state index in [0.29, 0.717) is 11.1 Å². The lowest BCUT2D eigenvalue weighted by Gasteiger charge is -2.13. The van der Waals surface area contributed by atoms with Gasteiger partial charge in [-0.15, -0.1) is 0 Å². The van der Waals surface area contributed by atoms with Crippen molar-refractivity contribution in [3.05, 3.63) is 52.6 Å². The number of furan rings is 1. The molecular weight excluding hydrogens is 372 g/mol. The lowest BCUT2D eigenvalue weighted by molar-refractivity contribution is -0.0457. The van der Waals surface area contributed by atoms with Crippen LogP contribution >= 0.6 is 0 Å². The monoisotopic (exact) mass is 398 g/mol. The molecule has 2 N–H and O–H groups in total. The van der Waals surface area contributed by atoms with Crippen LogP contribution in [-0.2, 0) is 11.2 Å².